The molecular formula is C16H21N3O3S. The summed E-state index contributed by atoms with van der Waals surface area (Å²) < 4.78 is 11.1. The van der Waals surface area contributed by atoms with Gasteiger partial charge in [-0.05, 0) is 30.8 Å². The van der Waals surface area contributed by atoms with E-state index in [-0.39, 0.29) is 5.91 Å². The average Bonchev–Trinajstić information content (AvgIpc) is 2.81. The average molecular weight is 335 g/mol. The van der Waals surface area contributed by atoms with Gasteiger partial charge < -0.3 is 24.6 Å². The van der Waals surface area contributed by atoms with Crippen LogP contribution in [0, 0.1) is 0 Å². The summed E-state index contributed by atoms with van der Waals surface area (Å²) in [6.45, 7) is 5.85. The Kier molecular flexibility index (Phi) is 4.85. The van der Waals surface area contributed by atoms with Gasteiger partial charge in [-0.25, -0.2) is 0 Å². The van der Waals surface area contributed by atoms with Gasteiger partial charge in [0.1, 0.15) is 13.2 Å². The first kappa shape index (κ1) is 15.9. The van der Waals surface area contributed by atoms with E-state index >= 15 is 0 Å². The Morgan fingerprint density at radius 2 is 1.78 bits per heavy atom. The van der Waals surface area contributed by atoms with Crippen molar-refractivity contribution in [3.63, 3.8) is 0 Å². The van der Waals surface area contributed by atoms with E-state index in [0.717, 1.165) is 43.2 Å². The molecule has 0 aromatic heterocycles. The number of thiocarbonyl (C=S) groups is 1. The second-order valence-corrected chi connectivity index (χ2v) is 6.02. The minimum atomic E-state index is 0.123. The number of carbonyl (C=O) groups is 1. The molecule has 23 heavy (non-hydrogen) atoms. The maximum Gasteiger partial charge on any atom is 0.219 e. The molecule has 124 valence electrons. The molecule has 1 aromatic rings. The summed E-state index contributed by atoms with van der Waals surface area (Å²) in [4.78, 5) is 15.5. The summed E-state index contributed by atoms with van der Waals surface area (Å²) in [5, 5.41) is 3.93. The number of benzene rings is 1. The minimum Gasteiger partial charge on any atom is -0.486 e. The van der Waals surface area contributed by atoms with Crippen LogP contribution in [-0.4, -0.2) is 60.2 Å². The summed E-state index contributed by atoms with van der Waals surface area (Å²) in [5.41, 5.74) is 0.881. The van der Waals surface area contributed by atoms with Gasteiger partial charge in [-0.1, -0.05) is 0 Å². The van der Waals surface area contributed by atoms with Crippen LogP contribution < -0.4 is 14.8 Å². The Morgan fingerprint density at radius 3 is 2.57 bits per heavy atom. The lowest BCUT2D eigenvalue weighted by molar-refractivity contribution is -0.128. The molecule has 0 saturated carbocycles. The van der Waals surface area contributed by atoms with E-state index in [0.29, 0.717) is 24.9 Å². The topological polar surface area (TPSA) is 54.0 Å². The van der Waals surface area contributed by atoms with Crippen molar-refractivity contribution in [2.24, 2.45) is 0 Å². The lowest BCUT2D eigenvalue weighted by Gasteiger charge is -2.25. The molecule has 1 fully saturated rings. The maximum absolute atomic E-state index is 11.5. The zero-order valence-electron chi connectivity index (χ0n) is 13.2. The molecule has 0 bridgehead atoms. The molecule has 0 unspecified atom stereocenters. The fourth-order valence-corrected chi connectivity index (χ4v) is 3.06. The second kappa shape index (κ2) is 7.04. The summed E-state index contributed by atoms with van der Waals surface area (Å²) in [6, 6.07) is 5.72. The van der Waals surface area contributed by atoms with Crippen LogP contribution in [-0.2, 0) is 4.79 Å². The molecule has 2 heterocycles. The zero-order valence-corrected chi connectivity index (χ0v) is 14.0. The van der Waals surface area contributed by atoms with Gasteiger partial charge in [-0.15, -0.1) is 0 Å². The van der Waals surface area contributed by atoms with Crippen molar-refractivity contribution in [1.29, 1.82) is 0 Å². The van der Waals surface area contributed by atoms with Crippen LogP contribution in [0.25, 0.3) is 0 Å². The molecule has 1 amide bonds. The van der Waals surface area contributed by atoms with Gasteiger partial charge in [0.25, 0.3) is 0 Å². The van der Waals surface area contributed by atoms with Gasteiger partial charge in [-0.2, -0.15) is 0 Å². The Labute approximate surface area is 141 Å². The number of hydrogen-bond donors (Lipinski definition) is 1. The molecular weight excluding hydrogens is 314 g/mol. The molecule has 0 atom stereocenters. The molecule has 0 aliphatic carbocycles. The number of anilines is 1. The first-order valence-electron chi connectivity index (χ1n) is 7.84. The van der Waals surface area contributed by atoms with E-state index in [4.69, 9.17) is 21.7 Å². The van der Waals surface area contributed by atoms with E-state index < -0.39 is 0 Å². The normalized spacial score (nSPS) is 17.4. The van der Waals surface area contributed by atoms with Gasteiger partial charge in [-0.3, -0.25) is 4.79 Å². The molecule has 6 nitrogen and oxygen atoms in total. The fraction of sp³-hybridized carbons (Fsp3) is 0.500. The summed E-state index contributed by atoms with van der Waals surface area (Å²) in [6.07, 6.45) is 0.919. The largest absolute Gasteiger partial charge is 0.486 e. The summed E-state index contributed by atoms with van der Waals surface area (Å²) in [7, 11) is 0. The highest BCUT2D eigenvalue weighted by atomic mass is 32.1. The number of fused-ring (bicyclic) bond motifs is 1. The molecule has 1 aromatic carbocycles. The number of nitrogens with one attached hydrogen (secondary N) is 1. The van der Waals surface area contributed by atoms with Crippen LogP contribution in [0.5, 0.6) is 11.5 Å². The zero-order chi connectivity index (χ0) is 16.2. The van der Waals surface area contributed by atoms with Crippen LogP contribution >= 0.6 is 12.2 Å². The highest BCUT2D eigenvalue weighted by Gasteiger charge is 2.19. The van der Waals surface area contributed by atoms with Gasteiger partial charge >= 0.3 is 0 Å². The maximum atomic E-state index is 11.5. The smallest absolute Gasteiger partial charge is 0.219 e. The minimum absolute atomic E-state index is 0.123. The standard InChI is InChI=1S/C16H21N3O3S/c1-12(20)18-5-2-6-19(8-7-18)16(23)17-13-3-4-14-15(11-13)22-10-9-21-14/h3-4,11H,2,5-10H2,1H3,(H,17,23). The predicted molar refractivity (Wildman–Crippen MR) is 92.1 cm³/mol. The van der Waals surface area contributed by atoms with Crippen LogP contribution in [0.1, 0.15) is 13.3 Å². The number of amides is 1. The number of hydrogen-bond acceptors (Lipinski definition) is 4. The Morgan fingerprint density at radius 1 is 1.09 bits per heavy atom. The first-order chi connectivity index (χ1) is 11.1. The summed E-state index contributed by atoms with van der Waals surface area (Å²) >= 11 is 5.51. The van der Waals surface area contributed by atoms with Gasteiger partial charge in [0.05, 0.1) is 0 Å². The highest BCUT2D eigenvalue weighted by Crippen LogP contribution is 2.32. The highest BCUT2D eigenvalue weighted by molar-refractivity contribution is 7.80. The van der Waals surface area contributed by atoms with E-state index in [2.05, 4.69) is 10.2 Å². The van der Waals surface area contributed by atoms with E-state index in [1.807, 2.05) is 23.1 Å². The Hall–Kier alpha value is -2.02. The molecule has 0 radical (unpaired) electrons. The molecule has 3 rings (SSSR count). The van der Waals surface area contributed by atoms with Crippen molar-refractivity contribution in [3.8, 4) is 11.5 Å². The van der Waals surface area contributed by atoms with E-state index in [1.165, 1.54) is 0 Å². The third-order valence-corrected chi connectivity index (χ3v) is 4.38. The molecule has 2 aliphatic heterocycles. The van der Waals surface area contributed by atoms with Crippen molar-refractivity contribution in [3.05, 3.63) is 18.2 Å². The molecule has 7 heteroatoms. The van der Waals surface area contributed by atoms with Gasteiger partial charge in [0, 0.05) is 44.9 Å². The fourth-order valence-electron chi connectivity index (χ4n) is 2.76. The second-order valence-electron chi connectivity index (χ2n) is 5.64. The summed E-state index contributed by atoms with van der Waals surface area (Å²) in [5.74, 6) is 1.62. The quantitative estimate of drug-likeness (QED) is 0.789. The van der Waals surface area contributed by atoms with Crippen LogP contribution in [0.4, 0.5) is 5.69 Å². The van der Waals surface area contributed by atoms with Crippen molar-refractivity contribution >= 4 is 28.9 Å². The molecule has 2 aliphatic rings. The third kappa shape index (κ3) is 3.85. The van der Waals surface area contributed by atoms with E-state index in [9.17, 15) is 4.79 Å². The number of ether oxygens (including phenoxy) is 2. The monoisotopic (exact) mass is 335 g/mol. The Balaban J connectivity index is 1.61. The lowest BCUT2D eigenvalue weighted by Crippen LogP contribution is -2.38. The molecule has 1 saturated heterocycles. The number of nitrogens with zero attached hydrogens (tertiary/aromatic N) is 2. The molecule has 1 N–H and O–H groups in total. The van der Waals surface area contributed by atoms with Crippen molar-refractivity contribution in [2.45, 2.75) is 13.3 Å². The lowest BCUT2D eigenvalue weighted by atomic mass is 10.2. The van der Waals surface area contributed by atoms with E-state index in [1.54, 1.807) is 6.92 Å². The van der Waals surface area contributed by atoms with Crippen LogP contribution in [0.15, 0.2) is 18.2 Å². The predicted octanol–water partition coefficient (Wildman–Crippen LogP) is 1.71. The van der Waals surface area contributed by atoms with Crippen molar-refractivity contribution < 1.29 is 14.3 Å². The Bertz CT molecular complexity index is 608. The van der Waals surface area contributed by atoms with Crippen molar-refractivity contribution in [2.75, 3.05) is 44.7 Å². The van der Waals surface area contributed by atoms with Gasteiger partial charge in [0.2, 0.25) is 5.91 Å². The van der Waals surface area contributed by atoms with Crippen LogP contribution in [0.2, 0.25) is 0 Å². The van der Waals surface area contributed by atoms with Crippen molar-refractivity contribution in [1.82, 2.24) is 9.80 Å². The number of carbonyl (C=O) groups excluding carboxylic acids is 1. The van der Waals surface area contributed by atoms with Crippen LogP contribution in [0.3, 0.4) is 0 Å². The number of rotatable bonds is 1. The third-order valence-electron chi connectivity index (χ3n) is 4.02. The van der Waals surface area contributed by atoms with Gasteiger partial charge in [0.15, 0.2) is 16.6 Å². The first-order valence-corrected chi connectivity index (χ1v) is 8.25. The SMILES string of the molecule is CC(=O)N1CCCN(C(=S)Nc2ccc3c(c2)OCCO3)CC1. The molecule has 0 spiro atoms.